The fourth-order valence-corrected chi connectivity index (χ4v) is 4.25. The van der Waals surface area contributed by atoms with Crippen LogP contribution in [-0.2, 0) is 4.79 Å². The minimum Gasteiger partial charge on any atom is -0.484 e. The van der Waals surface area contributed by atoms with Crippen molar-refractivity contribution in [2.24, 2.45) is 11.7 Å². The number of nitriles is 1. The van der Waals surface area contributed by atoms with Gasteiger partial charge in [0.15, 0.2) is 6.61 Å². The van der Waals surface area contributed by atoms with E-state index in [1.807, 2.05) is 54.6 Å². The highest BCUT2D eigenvalue weighted by Gasteiger charge is 2.41. The van der Waals surface area contributed by atoms with E-state index in [1.165, 1.54) is 0 Å². The fraction of sp³-hybridized carbons (Fsp3) is 0.120. The van der Waals surface area contributed by atoms with Crippen molar-refractivity contribution in [3.8, 4) is 29.0 Å². The number of carbonyl (C=O) groups is 1. The Hall–Kier alpha value is -4.64. The van der Waals surface area contributed by atoms with Crippen LogP contribution in [0.1, 0.15) is 17.0 Å². The van der Waals surface area contributed by atoms with Gasteiger partial charge in [0, 0.05) is 11.5 Å². The molecule has 1 aromatic heterocycles. The monoisotopic (exact) mass is 437 g/mol. The van der Waals surface area contributed by atoms with E-state index in [0.717, 1.165) is 33.2 Å². The minimum atomic E-state index is -0.832. The molecule has 0 spiro atoms. The molecule has 162 valence electrons. The summed E-state index contributed by atoms with van der Waals surface area (Å²) in [7, 11) is 0. The smallest absolute Gasteiger partial charge is 0.255 e. The Morgan fingerprint density at radius 3 is 2.67 bits per heavy atom. The molecule has 2 atom stereocenters. The predicted molar refractivity (Wildman–Crippen MR) is 122 cm³/mol. The van der Waals surface area contributed by atoms with Gasteiger partial charge in [-0.25, -0.2) is 0 Å². The molecule has 8 nitrogen and oxygen atoms in total. The third kappa shape index (κ3) is 3.55. The molecule has 0 fully saturated rings. The van der Waals surface area contributed by atoms with Crippen molar-refractivity contribution in [1.29, 1.82) is 10.7 Å². The number of ether oxygens (including phenoxy) is 2. The van der Waals surface area contributed by atoms with Crippen LogP contribution in [0.3, 0.4) is 0 Å². The maximum atomic E-state index is 11.0. The van der Waals surface area contributed by atoms with Gasteiger partial charge in [-0.2, -0.15) is 5.26 Å². The number of nitrogens with two attached hydrogens (primary N) is 1. The van der Waals surface area contributed by atoms with Crippen molar-refractivity contribution in [2.45, 2.75) is 5.92 Å². The van der Waals surface area contributed by atoms with Crippen molar-refractivity contribution in [3.63, 3.8) is 0 Å². The zero-order valence-corrected chi connectivity index (χ0v) is 17.4. The van der Waals surface area contributed by atoms with Crippen molar-refractivity contribution in [1.82, 2.24) is 10.2 Å². The van der Waals surface area contributed by atoms with Crippen LogP contribution >= 0.6 is 0 Å². The molecule has 0 bridgehead atoms. The Morgan fingerprint density at radius 2 is 1.91 bits per heavy atom. The second kappa shape index (κ2) is 8.13. The van der Waals surface area contributed by atoms with Gasteiger partial charge in [0.2, 0.25) is 11.8 Å². The maximum absolute atomic E-state index is 11.0. The SMILES string of the molecule is N#CC1C(=N)Oc2n[nH]c(-c3cccc4ccccc34)c2C1c1ccc(OCC(N)=O)cc1. The van der Waals surface area contributed by atoms with Crippen LogP contribution in [0.2, 0.25) is 0 Å². The topological polar surface area (TPSA) is 138 Å². The number of nitrogens with zero attached hydrogens (tertiary/aromatic N) is 2. The van der Waals surface area contributed by atoms with E-state index in [0.29, 0.717) is 5.75 Å². The lowest BCUT2D eigenvalue weighted by Gasteiger charge is -2.28. The highest BCUT2D eigenvalue weighted by molar-refractivity contribution is 5.97. The van der Waals surface area contributed by atoms with E-state index in [1.54, 1.807) is 12.1 Å². The molecule has 0 radical (unpaired) electrons. The molecule has 0 saturated heterocycles. The summed E-state index contributed by atoms with van der Waals surface area (Å²) in [6.07, 6.45) is 0. The summed E-state index contributed by atoms with van der Waals surface area (Å²) < 4.78 is 11.0. The number of aromatic nitrogens is 2. The normalized spacial score (nSPS) is 17.1. The Labute approximate surface area is 189 Å². The molecule has 3 aromatic carbocycles. The molecule has 1 aliphatic heterocycles. The summed E-state index contributed by atoms with van der Waals surface area (Å²) in [5.41, 5.74) is 8.34. The number of benzene rings is 3. The summed E-state index contributed by atoms with van der Waals surface area (Å²) in [4.78, 5) is 11.0. The molecule has 0 aliphatic carbocycles. The Bertz CT molecular complexity index is 1410. The van der Waals surface area contributed by atoms with E-state index in [-0.39, 0.29) is 18.4 Å². The first-order chi connectivity index (χ1) is 16.1. The van der Waals surface area contributed by atoms with Crippen LogP contribution in [0.25, 0.3) is 22.0 Å². The lowest BCUT2D eigenvalue weighted by atomic mass is 9.78. The number of hydrogen-bond donors (Lipinski definition) is 3. The number of hydrogen-bond acceptors (Lipinski definition) is 6. The number of carbonyl (C=O) groups excluding carboxylic acids is 1. The largest absolute Gasteiger partial charge is 0.484 e. The number of nitrogens with one attached hydrogen (secondary N) is 2. The fourth-order valence-electron chi connectivity index (χ4n) is 4.25. The maximum Gasteiger partial charge on any atom is 0.255 e. The molecule has 1 amide bonds. The van der Waals surface area contributed by atoms with E-state index in [2.05, 4.69) is 16.3 Å². The summed E-state index contributed by atoms with van der Waals surface area (Å²) in [5, 5.41) is 27.7. The third-order valence-corrected chi connectivity index (χ3v) is 5.72. The van der Waals surface area contributed by atoms with E-state index < -0.39 is 17.7 Å². The highest BCUT2D eigenvalue weighted by atomic mass is 16.5. The molecular weight excluding hydrogens is 418 g/mol. The quantitative estimate of drug-likeness (QED) is 0.437. The molecule has 33 heavy (non-hydrogen) atoms. The van der Waals surface area contributed by atoms with Crippen LogP contribution in [0, 0.1) is 22.7 Å². The van der Waals surface area contributed by atoms with Crippen LogP contribution < -0.4 is 15.2 Å². The molecule has 4 N–H and O–H groups in total. The second-order valence-corrected chi connectivity index (χ2v) is 7.72. The molecule has 4 aromatic rings. The first-order valence-corrected chi connectivity index (χ1v) is 10.3. The average molecular weight is 437 g/mol. The van der Waals surface area contributed by atoms with Gasteiger partial charge in [0.05, 0.1) is 17.3 Å². The zero-order valence-electron chi connectivity index (χ0n) is 17.4. The standard InChI is InChI=1S/C25H19N5O3/c26-12-19-21(15-8-10-16(11-9-15)32-13-20(27)31)22-23(29-30-25(22)33-24(19)28)18-7-3-5-14-4-1-2-6-17(14)18/h1-11,19,21,28H,13H2,(H2,27,31)(H,29,30). The molecule has 1 aliphatic rings. The van der Waals surface area contributed by atoms with Gasteiger partial charge < -0.3 is 15.2 Å². The first-order valence-electron chi connectivity index (χ1n) is 10.3. The Morgan fingerprint density at radius 1 is 1.15 bits per heavy atom. The minimum absolute atomic E-state index is 0.153. The summed E-state index contributed by atoms with van der Waals surface area (Å²) >= 11 is 0. The first kappa shape index (κ1) is 20.3. The lowest BCUT2D eigenvalue weighted by Crippen LogP contribution is -2.30. The lowest BCUT2D eigenvalue weighted by molar-refractivity contribution is -0.119. The number of H-pyrrole nitrogens is 1. The van der Waals surface area contributed by atoms with Gasteiger partial charge in [0.25, 0.3) is 5.91 Å². The van der Waals surface area contributed by atoms with E-state index >= 15 is 0 Å². The van der Waals surface area contributed by atoms with Gasteiger partial charge >= 0.3 is 0 Å². The van der Waals surface area contributed by atoms with Crippen molar-refractivity contribution in [2.75, 3.05) is 6.61 Å². The number of rotatable bonds is 5. The molecular formula is C25H19N5O3. The molecule has 2 heterocycles. The summed E-state index contributed by atoms with van der Waals surface area (Å²) in [6, 6.07) is 23.3. The van der Waals surface area contributed by atoms with Crippen LogP contribution in [0.4, 0.5) is 0 Å². The van der Waals surface area contributed by atoms with Crippen LogP contribution in [0.5, 0.6) is 11.6 Å². The summed E-state index contributed by atoms with van der Waals surface area (Å²) in [5.74, 6) is -1.27. The van der Waals surface area contributed by atoms with Gasteiger partial charge in [-0.1, -0.05) is 54.6 Å². The predicted octanol–water partition coefficient (Wildman–Crippen LogP) is 3.74. The molecule has 8 heteroatoms. The van der Waals surface area contributed by atoms with Gasteiger partial charge in [0.1, 0.15) is 11.7 Å². The number of primary amides is 1. The van der Waals surface area contributed by atoms with E-state index in [9.17, 15) is 10.1 Å². The van der Waals surface area contributed by atoms with Gasteiger partial charge in [-0.3, -0.25) is 15.3 Å². The second-order valence-electron chi connectivity index (χ2n) is 7.72. The van der Waals surface area contributed by atoms with Gasteiger partial charge in [-0.15, -0.1) is 5.10 Å². The van der Waals surface area contributed by atoms with E-state index in [4.69, 9.17) is 20.6 Å². The number of fused-ring (bicyclic) bond motifs is 2. The Kier molecular flexibility index (Phi) is 4.99. The molecule has 0 saturated carbocycles. The summed E-state index contributed by atoms with van der Waals surface area (Å²) in [6.45, 7) is -0.223. The molecule has 2 unspecified atom stereocenters. The third-order valence-electron chi connectivity index (χ3n) is 5.72. The van der Waals surface area contributed by atoms with Crippen molar-refractivity contribution >= 4 is 22.6 Å². The van der Waals surface area contributed by atoms with Crippen LogP contribution in [0.15, 0.2) is 66.7 Å². The van der Waals surface area contributed by atoms with Gasteiger partial charge in [-0.05, 0) is 28.5 Å². The number of aromatic amines is 1. The zero-order chi connectivity index (χ0) is 22.9. The average Bonchev–Trinajstić information content (AvgIpc) is 3.25. The number of amides is 1. The van der Waals surface area contributed by atoms with Crippen LogP contribution in [-0.4, -0.2) is 28.6 Å². The van der Waals surface area contributed by atoms with Crippen molar-refractivity contribution in [3.05, 3.63) is 77.9 Å². The van der Waals surface area contributed by atoms with Crippen molar-refractivity contribution < 1.29 is 14.3 Å². The highest BCUT2D eigenvalue weighted by Crippen LogP contribution is 2.46. The molecule has 5 rings (SSSR count). The Balaban J connectivity index is 1.64.